The fraction of sp³-hybridized carbons (Fsp3) is 0.250. The summed E-state index contributed by atoms with van der Waals surface area (Å²) in [5, 5.41) is 10.4. The minimum Gasteiger partial charge on any atom is -0.436 e. The lowest BCUT2D eigenvalue weighted by molar-refractivity contribution is -0.123. The van der Waals surface area contributed by atoms with Crippen molar-refractivity contribution in [3.63, 3.8) is 0 Å². The van der Waals surface area contributed by atoms with Crippen molar-refractivity contribution < 1.29 is 48.7 Å². The smallest absolute Gasteiger partial charge is 0.293 e. The highest BCUT2D eigenvalue weighted by Gasteiger charge is 2.67. The third-order valence-electron chi connectivity index (χ3n) is 10.7. The number of carbonyl (C=O) groups excluding carboxylic acids is 1. The molecular weight excluding hydrogens is 887 g/mol. The van der Waals surface area contributed by atoms with Crippen molar-refractivity contribution in [2.45, 2.75) is 43.7 Å². The summed E-state index contributed by atoms with van der Waals surface area (Å²) in [5.41, 5.74) is -3.40. The fourth-order valence-corrected chi connectivity index (χ4v) is 8.88. The highest BCUT2D eigenvalue weighted by atomic mass is 35.5. The molecule has 14 nitrogen and oxygen atoms in total. The number of hydrogen-bond acceptors (Lipinski definition) is 9. The van der Waals surface area contributed by atoms with Crippen LogP contribution in [0, 0.1) is 23.4 Å². The Labute approximate surface area is 355 Å². The molecule has 0 spiro atoms. The van der Waals surface area contributed by atoms with Crippen molar-refractivity contribution in [1.29, 1.82) is 0 Å². The third kappa shape index (κ3) is 7.49. The van der Waals surface area contributed by atoms with Crippen LogP contribution in [0.25, 0.3) is 27.6 Å². The van der Waals surface area contributed by atoms with Crippen molar-refractivity contribution in [3.8, 4) is 17.3 Å². The minimum absolute atomic E-state index is 0.0148. The lowest BCUT2D eigenvalue weighted by Gasteiger charge is -2.24. The number of anilines is 1. The molecule has 4 aromatic heterocycles. The normalized spacial score (nSPS) is 16.9. The lowest BCUT2D eigenvalue weighted by Crippen LogP contribution is -2.38. The standard InChI is InChI=1S/C40H29ClF7N9O5S/c1-55-33-26(9-8-23(41)31(33)37(53-55)54-63(2,60)61)57-38(51-36-20(39(57)59)7-10-29(50-36)62-27-6-4-3-5-24(27)44)25(13-17-11-18(42)14-19(43)12-17)49-28(58)16-56-34-30(32(52-56)35(45)46)21-15-22(21)40(34,47)48/h3-12,14,21-22,25,35H,13,15-16H2,1-2H3,(H,49,58)(H,53,54)/t21-,22+,25-/m0/s1. The van der Waals surface area contributed by atoms with Gasteiger partial charge in [0.15, 0.2) is 23.0 Å². The van der Waals surface area contributed by atoms with Gasteiger partial charge in [-0.15, -0.1) is 0 Å². The molecule has 0 bridgehead atoms. The van der Waals surface area contributed by atoms with Crippen LogP contribution in [0.15, 0.2) is 71.5 Å². The van der Waals surface area contributed by atoms with Gasteiger partial charge in [0.2, 0.25) is 21.8 Å². The van der Waals surface area contributed by atoms with Gasteiger partial charge in [-0.05, 0) is 60.4 Å². The van der Waals surface area contributed by atoms with E-state index in [0.29, 0.717) is 10.7 Å². The zero-order valence-electron chi connectivity index (χ0n) is 32.4. The first kappa shape index (κ1) is 41.8. The van der Waals surface area contributed by atoms with E-state index in [1.165, 1.54) is 54.2 Å². The van der Waals surface area contributed by atoms with Crippen LogP contribution in [0.3, 0.4) is 0 Å². The number of sulfonamides is 1. The maximum absolute atomic E-state index is 15.5. The van der Waals surface area contributed by atoms with Crippen molar-refractivity contribution in [3.05, 3.63) is 128 Å². The number of benzene rings is 3. The molecule has 0 saturated heterocycles. The maximum atomic E-state index is 15.5. The zero-order valence-corrected chi connectivity index (χ0v) is 34.0. The number of nitrogens with zero attached hydrogens (tertiary/aromatic N) is 7. The van der Waals surface area contributed by atoms with Gasteiger partial charge in [0.05, 0.1) is 39.3 Å². The molecule has 0 aliphatic heterocycles. The van der Waals surface area contributed by atoms with Gasteiger partial charge in [-0.2, -0.15) is 24.0 Å². The number of para-hydroxylation sites is 1. The molecule has 4 heterocycles. The molecule has 9 rings (SSSR count). The Morgan fingerprint density at radius 2 is 1.75 bits per heavy atom. The Hall–Kier alpha value is -6.55. The van der Waals surface area contributed by atoms with E-state index in [1.807, 2.05) is 0 Å². The number of alkyl halides is 4. The summed E-state index contributed by atoms with van der Waals surface area (Å²) in [4.78, 5) is 38.0. The fourth-order valence-electron chi connectivity index (χ4n) is 8.14. The minimum atomic E-state index is -3.95. The number of amides is 1. The number of rotatable bonds is 12. The molecule has 326 valence electrons. The molecule has 23 heteroatoms. The average Bonchev–Trinajstić information content (AvgIpc) is 3.74. The van der Waals surface area contributed by atoms with E-state index < -0.39 is 99.3 Å². The Morgan fingerprint density at radius 3 is 2.44 bits per heavy atom. The van der Waals surface area contributed by atoms with Gasteiger partial charge in [0.1, 0.15) is 35.4 Å². The van der Waals surface area contributed by atoms with Crippen LogP contribution in [-0.2, 0) is 40.8 Å². The van der Waals surface area contributed by atoms with Crippen LogP contribution in [0.5, 0.6) is 11.6 Å². The van der Waals surface area contributed by atoms with E-state index in [-0.39, 0.29) is 67.6 Å². The summed E-state index contributed by atoms with van der Waals surface area (Å²) in [6.07, 6.45) is -2.94. The number of aryl methyl sites for hydroxylation is 1. The van der Waals surface area contributed by atoms with Gasteiger partial charge in [-0.3, -0.25) is 28.2 Å². The molecule has 3 aromatic carbocycles. The summed E-state index contributed by atoms with van der Waals surface area (Å²) in [7, 11) is -2.54. The summed E-state index contributed by atoms with van der Waals surface area (Å²) in [6, 6.07) is 11.4. The van der Waals surface area contributed by atoms with Gasteiger partial charge in [-0.25, -0.2) is 35.4 Å². The molecule has 1 amide bonds. The predicted molar refractivity (Wildman–Crippen MR) is 212 cm³/mol. The monoisotopic (exact) mass is 915 g/mol. The molecule has 0 unspecified atom stereocenters. The number of hydrogen-bond donors (Lipinski definition) is 2. The first-order valence-corrected chi connectivity index (χ1v) is 21.1. The number of halogens is 8. The second-order valence-electron chi connectivity index (χ2n) is 15.1. The summed E-state index contributed by atoms with van der Waals surface area (Å²) in [6.45, 7) is -1.04. The van der Waals surface area contributed by atoms with E-state index in [1.54, 1.807) is 0 Å². The second kappa shape index (κ2) is 15.1. The Balaban J connectivity index is 1.24. The average molecular weight is 916 g/mol. The molecule has 0 radical (unpaired) electrons. The van der Waals surface area contributed by atoms with E-state index in [4.69, 9.17) is 16.3 Å². The van der Waals surface area contributed by atoms with Crippen LogP contribution < -0.4 is 20.3 Å². The maximum Gasteiger partial charge on any atom is 0.293 e. The first-order chi connectivity index (χ1) is 29.8. The highest BCUT2D eigenvalue weighted by molar-refractivity contribution is 7.92. The van der Waals surface area contributed by atoms with E-state index >= 15 is 8.78 Å². The van der Waals surface area contributed by atoms with Gasteiger partial charge < -0.3 is 10.1 Å². The summed E-state index contributed by atoms with van der Waals surface area (Å²) < 4.78 is 139. The Kier molecular flexibility index (Phi) is 9.99. The van der Waals surface area contributed by atoms with Crippen LogP contribution in [-0.4, -0.2) is 54.7 Å². The van der Waals surface area contributed by atoms with Crippen molar-refractivity contribution >= 4 is 55.3 Å². The van der Waals surface area contributed by atoms with Crippen LogP contribution in [0.4, 0.5) is 36.6 Å². The number of nitrogens with one attached hydrogen (secondary N) is 2. The van der Waals surface area contributed by atoms with Crippen LogP contribution in [0.2, 0.25) is 5.02 Å². The van der Waals surface area contributed by atoms with E-state index in [2.05, 4.69) is 30.2 Å². The number of ether oxygens (including phenoxy) is 1. The number of aromatic nitrogens is 7. The zero-order chi connectivity index (χ0) is 44.9. The van der Waals surface area contributed by atoms with E-state index in [9.17, 15) is 40.0 Å². The van der Waals surface area contributed by atoms with Crippen LogP contribution >= 0.6 is 11.6 Å². The largest absolute Gasteiger partial charge is 0.436 e. The molecule has 3 atom stereocenters. The van der Waals surface area contributed by atoms with Gasteiger partial charge in [-0.1, -0.05) is 23.7 Å². The number of carbonyl (C=O) groups is 1. The number of fused-ring (bicyclic) bond motifs is 5. The highest BCUT2D eigenvalue weighted by Crippen LogP contribution is 2.68. The molecule has 7 aromatic rings. The van der Waals surface area contributed by atoms with Gasteiger partial charge in [0.25, 0.3) is 17.9 Å². The van der Waals surface area contributed by atoms with Crippen molar-refractivity contribution in [1.82, 2.24) is 39.4 Å². The van der Waals surface area contributed by atoms with Crippen LogP contribution in [0.1, 0.15) is 53.1 Å². The molecule has 2 aliphatic rings. The van der Waals surface area contributed by atoms with Crippen molar-refractivity contribution in [2.24, 2.45) is 13.0 Å². The topological polar surface area (TPSA) is 168 Å². The summed E-state index contributed by atoms with van der Waals surface area (Å²) >= 11 is 6.59. The lowest BCUT2D eigenvalue weighted by atomic mass is 10.0. The molecule has 1 fully saturated rings. The first-order valence-electron chi connectivity index (χ1n) is 18.8. The Morgan fingerprint density at radius 1 is 1.02 bits per heavy atom. The van der Waals surface area contributed by atoms with Gasteiger partial charge >= 0.3 is 0 Å². The molecular formula is C40H29ClF7N9O5S. The molecule has 63 heavy (non-hydrogen) atoms. The number of pyridine rings is 1. The predicted octanol–water partition coefficient (Wildman–Crippen LogP) is 7.35. The second-order valence-corrected chi connectivity index (χ2v) is 17.2. The Bertz CT molecular complexity index is 3210. The third-order valence-corrected chi connectivity index (χ3v) is 11.6. The van der Waals surface area contributed by atoms with Crippen molar-refractivity contribution in [2.75, 3.05) is 11.0 Å². The SMILES string of the molecule is Cn1nc(NS(C)(=O)=O)c2c(Cl)ccc(-n3c([C@H](Cc4cc(F)cc(F)c4)NC(=O)Cn4nc(C(F)F)c5c4C(F)(F)[C@@H]4C[C@H]54)nc4nc(Oc5ccccc5F)ccc4c3=O)c21. The molecule has 1 saturated carbocycles. The summed E-state index contributed by atoms with van der Waals surface area (Å²) in [5.74, 6) is -10.7. The molecule has 2 N–H and O–H groups in total. The van der Waals surface area contributed by atoms with E-state index in [0.717, 1.165) is 29.0 Å². The molecule has 2 aliphatic carbocycles. The van der Waals surface area contributed by atoms with Gasteiger partial charge in [0, 0.05) is 37.1 Å². The quantitative estimate of drug-likeness (QED) is 0.119.